The van der Waals surface area contributed by atoms with Crippen molar-refractivity contribution in [3.8, 4) is 0 Å². The predicted molar refractivity (Wildman–Crippen MR) is 73.1 cm³/mol. The summed E-state index contributed by atoms with van der Waals surface area (Å²) in [6, 6.07) is 1.27. The number of rotatable bonds is 4. The Labute approximate surface area is 120 Å². The molecule has 0 saturated carbocycles. The van der Waals surface area contributed by atoms with Crippen LogP contribution >= 0.6 is 11.6 Å². The monoisotopic (exact) mass is 299 g/mol. The van der Waals surface area contributed by atoms with E-state index in [-0.39, 0.29) is 23.0 Å². The molecule has 1 aromatic heterocycles. The van der Waals surface area contributed by atoms with E-state index in [2.05, 4.69) is 4.98 Å². The molecule has 2 heterocycles. The highest BCUT2D eigenvalue weighted by Crippen LogP contribution is 2.30. The molecule has 8 heteroatoms. The van der Waals surface area contributed by atoms with E-state index in [9.17, 15) is 14.9 Å². The van der Waals surface area contributed by atoms with Crippen molar-refractivity contribution in [1.82, 2.24) is 4.98 Å². The van der Waals surface area contributed by atoms with E-state index >= 15 is 0 Å². The third kappa shape index (κ3) is 3.36. The molecule has 1 aliphatic rings. The minimum absolute atomic E-state index is 0.0503. The lowest BCUT2D eigenvalue weighted by molar-refractivity contribution is -0.385. The van der Waals surface area contributed by atoms with Crippen molar-refractivity contribution in [2.24, 2.45) is 5.92 Å². The van der Waals surface area contributed by atoms with Gasteiger partial charge in [-0.2, -0.15) is 0 Å². The summed E-state index contributed by atoms with van der Waals surface area (Å²) >= 11 is 6.04. The number of carbonyl (C=O) groups is 1. The topological polar surface area (TPSA) is 96.6 Å². The van der Waals surface area contributed by atoms with Crippen LogP contribution in [0.2, 0.25) is 5.02 Å². The highest BCUT2D eigenvalue weighted by atomic mass is 35.5. The maximum atomic E-state index is 10.8. The van der Waals surface area contributed by atoms with Crippen molar-refractivity contribution >= 4 is 29.1 Å². The number of pyridine rings is 1. The fourth-order valence-corrected chi connectivity index (χ4v) is 2.70. The molecule has 0 amide bonds. The number of halogens is 1. The standard InChI is InChI=1S/C12H14ClN3O4/c13-10-5-9(16(19)20)6-14-12(10)15-3-1-2-8(7-15)4-11(17)18/h5-6,8H,1-4,7H2,(H,17,18). The zero-order valence-corrected chi connectivity index (χ0v) is 11.4. The molecular formula is C12H14ClN3O4. The molecule has 1 fully saturated rings. The van der Waals surface area contributed by atoms with Crippen LogP contribution in [0.5, 0.6) is 0 Å². The van der Waals surface area contributed by atoms with Gasteiger partial charge in [0.2, 0.25) is 0 Å². The second-order valence-electron chi connectivity index (χ2n) is 4.81. The zero-order valence-electron chi connectivity index (χ0n) is 10.7. The molecule has 0 spiro atoms. The lowest BCUT2D eigenvalue weighted by atomic mass is 9.95. The summed E-state index contributed by atoms with van der Waals surface area (Å²) in [6.45, 7) is 1.28. The minimum atomic E-state index is -0.820. The second-order valence-corrected chi connectivity index (χ2v) is 5.22. The first-order valence-electron chi connectivity index (χ1n) is 6.24. The van der Waals surface area contributed by atoms with Gasteiger partial charge in [0.25, 0.3) is 5.69 Å². The maximum absolute atomic E-state index is 10.8. The van der Waals surface area contributed by atoms with Crippen LogP contribution in [0.25, 0.3) is 0 Å². The van der Waals surface area contributed by atoms with Gasteiger partial charge < -0.3 is 10.0 Å². The largest absolute Gasteiger partial charge is 0.481 e. The molecule has 0 radical (unpaired) electrons. The molecule has 1 aliphatic heterocycles. The number of hydrogen-bond donors (Lipinski definition) is 1. The number of carboxylic acid groups (broad SMARTS) is 1. The van der Waals surface area contributed by atoms with E-state index in [1.807, 2.05) is 4.90 Å². The van der Waals surface area contributed by atoms with Gasteiger partial charge in [-0.15, -0.1) is 0 Å². The van der Waals surface area contributed by atoms with Crippen LogP contribution in [-0.4, -0.2) is 34.1 Å². The van der Waals surface area contributed by atoms with Crippen LogP contribution in [0.3, 0.4) is 0 Å². The molecular weight excluding hydrogens is 286 g/mol. The van der Waals surface area contributed by atoms with Crippen LogP contribution in [0.4, 0.5) is 11.5 Å². The Morgan fingerprint density at radius 1 is 1.65 bits per heavy atom. The fraction of sp³-hybridized carbons (Fsp3) is 0.500. The van der Waals surface area contributed by atoms with Gasteiger partial charge in [-0.05, 0) is 18.8 Å². The van der Waals surface area contributed by atoms with E-state index in [1.165, 1.54) is 12.3 Å². The quantitative estimate of drug-likeness (QED) is 0.677. The Bertz CT molecular complexity index is 537. The Hall–Kier alpha value is -1.89. The Balaban J connectivity index is 2.14. The summed E-state index contributed by atoms with van der Waals surface area (Å²) in [4.78, 5) is 26.8. The molecule has 108 valence electrons. The highest BCUT2D eigenvalue weighted by molar-refractivity contribution is 6.33. The van der Waals surface area contributed by atoms with Crippen LogP contribution < -0.4 is 4.90 Å². The SMILES string of the molecule is O=C(O)CC1CCCN(c2ncc([N+](=O)[O-])cc2Cl)C1. The van der Waals surface area contributed by atoms with E-state index < -0.39 is 10.9 Å². The Kier molecular flexibility index (Phi) is 4.39. The summed E-state index contributed by atoms with van der Waals surface area (Å²) < 4.78 is 0. The van der Waals surface area contributed by atoms with Gasteiger partial charge in [0.05, 0.1) is 9.95 Å². The number of carboxylic acids is 1. The van der Waals surface area contributed by atoms with Crippen molar-refractivity contribution in [3.05, 3.63) is 27.4 Å². The number of nitrogens with zero attached hydrogens (tertiary/aromatic N) is 3. The minimum Gasteiger partial charge on any atom is -0.481 e. The molecule has 1 saturated heterocycles. The average molecular weight is 300 g/mol. The van der Waals surface area contributed by atoms with Crippen LogP contribution in [-0.2, 0) is 4.79 Å². The van der Waals surface area contributed by atoms with Gasteiger partial charge in [-0.3, -0.25) is 14.9 Å². The molecule has 1 atom stereocenters. The van der Waals surface area contributed by atoms with Gasteiger partial charge >= 0.3 is 5.97 Å². The van der Waals surface area contributed by atoms with Gasteiger partial charge in [-0.1, -0.05) is 11.6 Å². The van der Waals surface area contributed by atoms with Crippen LogP contribution in [0.1, 0.15) is 19.3 Å². The molecule has 0 bridgehead atoms. The van der Waals surface area contributed by atoms with E-state index in [1.54, 1.807) is 0 Å². The van der Waals surface area contributed by atoms with Gasteiger partial charge in [0.15, 0.2) is 0 Å². The summed E-state index contributed by atoms with van der Waals surface area (Å²) in [5.74, 6) is -0.290. The summed E-state index contributed by atoms with van der Waals surface area (Å²) in [5.41, 5.74) is -0.155. The lowest BCUT2D eigenvalue weighted by Gasteiger charge is -2.33. The van der Waals surface area contributed by atoms with Gasteiger partial charge in [0.1, 0.15) is 12.0 Å². The van der Waals surface area contributed by atoms with Gasteiger partial charge in [-0.25, -0.2) is 4.98 Å². The highest BCUT2D eigenvalue weighted by Gasteiger charge is 2.25. The van der Waals surface area contributed by atoms with Gasteiger partial charge in [0, 0.05) is 25.6 Å². The Morgan fingerprint density at radius 2 is 2.40 bits per heavy atom. The first-order chi connectivity index (χ1) is 9.47. The molecule has 20 heavy (non-hydrogen) atoms. The number of aromatic nitrogens is 1. The number of aliphatic carboxylic acids is 1. The molecule has 1 unspecified atom stereocenters. The number of nitro groups is 1. The second kappa shape index (κ2) is 6.04. The summed E-state index contributed by atoms with van der Waals surface area (Å²) in [5, 5.41) is 19.7. The number of hydrogen-bond acceptors (Lipinski definition) is 5. The summed E-state index contributed by atoms with van der Waals surface area (Å²) in [7, 11) is 0. The van der Waals surface area contributed by atoms with E-state index in [0.717, 1.165) is 19.4 Å². The van der Waals surface area contributed by atoms with E-state index in [0.29, 0.717) is 12.4 Å². The van der Waals surface area contributed by atoms with Crippen molar-refractivity contribution in [2.45, 2.75) is 19.3 Å². The zero-order chi connectivity index (χ0) is 14.7. The molecule has 0 aliphatic carbocycles. The molecule has 2 rings (SSSR count). The predicted octanol–water partition coefficient (Wildman–Crippen LogP) is 2.33. The van der Waals surface area contributed by atoms with Crippen molar-refractivity contribution < 1.29 is 14.8 Å². The number of anilines is 1. The van der Waals surface area contributed by atoms with Crippen molar-refractivity contribution in [3.63, 3.8) is 0 Å². The molecule has 7 nitrogen and oxygen atoms in total. The van der Waals surface area contributed by atoms with E-state index in [4.69, 9.17) is 16.7 Å². The third-order valence-electron chi connectivity index (χ3n) is 3.30. The normalized spacial score (nSPS) is 18.9. The Morgan fingerprint density at radius 3 is 3.00 bits per heavy atom. The molecule has 1 aromatic rings. The first-order valence-corrected chi connectivity index (χ1v) is 6.62. The summed E-state index contributed by atoms with van der Waals surface area (Å²) in [6.07, 6.45) is 2.99. The maximum Gasteiger partial charge on any atom is 0.303 e. The van der Waals surface area contributed by atoms with Crippen molar-refractivity contribution in [2.75, 3.05) is 18.0 Å². The lowest BCUT2D eigenvalue weighted by Crippen LogP contribution is -2.37. The average Bonchev–Trinajstić information content (AvgIpc) is 2.38. The smallest absolute Gasteiger partial charge is 0.303 e. The number of piperidine rings is 1. The first kappa shape index (κ1) is 14.5. The van der Waals surface area contributed by atoms with Crippen LogP contribution in [0, 0.1) is 16.0 Å². The van der Waals surface area contributed by atoms with Crippen molar-refractivity contribution in [1.29, 1.82) is 0 Å². The van der Waals surface area contributed by atoms with Crippen LogP contribution in [0.15, 0.2) is 12.3 Å². The third-order valence-corrected chi connectivity index (χ3v) is 3.58. The molecule has 1 N–H and O–H groups in total. The molecule has 0 aromatic carbocycles. The fourth-order valence-electron chi connectivity index (χ4n) is 2.42.